The molecule has 146 valence electrons. The smallest absolute Gasteiger partial charge is 0.322 e. The number of rotatable bonds is 8. The molecule has 2 aromatic rings. The highest BCUT2D eigenvalue weighted by Gasteiger charge is 2.18. The summed E-state index contributed by atoms with van der Waals surface area (Å²) in [5.74, 6) is 0.564. The molecular weight excluding hydrogens is 348 g/mol. The first-order chi connectivity index (χ1) is 12.9. The number of ether oxygens (including phenoxy) is 1. The van der Waals surface area contributed by atoms with Gasteiger partial charge in [0, 0.05) is 32.0 Å². The average Bonchev–Trinajstić information content (AvgIpc) is 3.02. The third-order valence-corrected chi connectivity index (χ3v) is 4.05. The van der Waals surface area contributed by atoms with Crippen molar-refractivity contribution in [2.45, 2.75) is 27.2 Å². The van der Waals surface area contributed by atoms with Crippen LogP contribution in [-0.4, -0.2) is 48.8 Å². The highest BCUT2D eigenvalue weighted by Crippen LogP contribution is 2.15. The van der Waals surface area contributed by atoms with Gasteiger partial charge in [-0.25, -0.2) is 4.79 Å². The molecule has 8 nitrogen and oxygen atoms in total. The lowest BCUT2D eigenvalue weighted by Gasteiger charge is -2.22. The fraction of sp³-hybridized carbons (Fsp3) is 0.421. The second kappa shape index (κ2) is 9.72. The minimum atomic E-state index is -0.351. The molecular formula is C19H26N4O4. The molecule has 0 saturated heterocycles. The van der Waals surface area contributed by atoms with Gasteiger partial charge in [-0.1, -0.05) is 11.2 Å². The van der Waals surface area contributed by atoms with Crippen molar-refractivity contribution in [1.82, 2.24) is 10.1 Å². The number of benzene rings is 1. The number of aryl methyl sites for hydroxylation is 3. The predicted molar refractivity (Wildman–Crippen MR) is 103 cm³/mol. The molecule has 1 aromatic carbocycles. The Bertz CT molecular complexity index is 788. The van der Waals surface area contributed by atoms with Crippen molar-refractivity contribution in [3.05, 3.63) is 41.2 Å². The third-order valence-electron chi connectivity index (χ3n) is 4.05. The molecule has 27 heavy (non-hydrogen) atoms. The lowest BCUT2D eigenvalue weighted by atomic mass is 10.1. The van der Waals surface area contributed by atoms with E-state index in [2.05, 4.69) is 15.8 Å². The first kappa shape index (κ1) is 20.4. The Balaban J connectivity index is 2.01. The van der Waals surface area contributed by atoms with Crippen LogP contribution in [0.15, 0.2) is 28.8 Å². The minimum absolute atomic E-state index is 0.105. The van der Waals surface area contributed by atoms with E-state index in [-0.39, 0.29) is 18.5 Å². The molecule has 0 atom stereocenters. The van der Waals surface area contributed by atoms with Crippen molar-refractivity contribution in [1.29, 1.82) is 0 Å². The number of amides is 3. The SMILES string of the molecule is COCCCN(CC(=O)Nc1cc(C)on1)C(=O)Nc1ccc(C)c(C)c1. The second-order valence-electron chi connectivity index (χ2n) is 6.37. The monoisotopic (exact) mass is 374 g/mol. The summed E-state index contributed by atoms with van der Waals surface area (Å²) in [6.07, 6.45) is 0.618. The lowest BCUT2D eigenvalue weighted by Crippen LogP contribution is -2.41. The average molecular weight is 374 g/mol. The number of carbonyl (C=O) groups excluding carboxylic acids is 2. The largest absolute Gasteiger partial charge is 0.385 e. The summed E-state index contributed by atoms with van der Waals surface area (Å²) in [6, 6.07) is 6.95. The second-order valence-corrected chi connectivity index (χ2v) is 6.37. The highest BCUT2D eigenvalue weighted by atomic mass is 16.5. The van der Waals surface area contributed by atoms with Gasteiger partial charge in [-0.15, -0.1) is 0 Å². The molecule has 0 aliphatic rings. The maximum absolute atomic E-state index is 12.7. The van der Waals surface area contributed by atoms with Gasteiger partial charge in [-0.05, 0) is 50.5 Å². The number of anilines is 2. The van der Waals surface area contributed by atoms with Crippen LogP contribution in [0.4, 0.5) is 16.3 Å². The molecule has 0 fully saturated rings. The van der Waals surface area contributed by atoms with Crippen LogP contribution in [0.3, 0.4) is 0 Å². The van der Waals surface area contributed by atoms with E-state index in [1.165, 1.54) is 4.90 Å². The van der Waals surface area contributed by atoms with Gasteiger partial charge in [0.05, 0.1) is 0 Å². The standard InChI is InChI=1S/C19H26N4O4/c1-13-6-7-16(10-14(13)2)20-19(25)23(8-5-9-26-4)12-18(24)21-17-11-15(3)27-22-17/h6-7,10-11H,5,8-9,12H2,1-4H3,(H,20,25)(H,21,22,24). The molecule has 0 saturated carbocycles. The number of aromatic nitrogens is 1. The maximum Gasteiger partial charge on any atom is 0.322 e. The Kier molecular flexibility index (Phi) is 7.36. The summed E-state index contributed by atoms with van der Waals surface area (Å²) in [5.41, 5.74) is 2.91. The number of carbonyl (C=O) groups is 2. The first-order valence-corrected chi connectivity index (χ1v) is 8.74. The molecule has 3 amide bonds. The predicted octanol–water partition coefficient (Wildman–Crippen LogP) is 3.11. The maximum atomic E-state index is 12.7. The summed E-state index contributed by atoms with van der Waals surface area (Å²) >= 11 is 0. The summed E-state index contributed by atoms with van der Waals surface area (Å²) < 4.78 is 9.96. The number of nitrogens with zero attached hydrogens (tertiary/aromatic N) is 2. The third kappa shape index (κ3) is 6.41. The lowest BCUT2D eigenvalue weighted by molar-refractivity contribution is -0.116. The Hall–Kier alpha value is -2.87. The Morgan fingerprint density at radius 1 is 1.15 bits per heavy atom. The van der Waals surface area contributed by atoms with E-state index in [9.17, 15) is 9.59 Å². The van der Waals surface area contributed by atoms with Crippen LogP contribution < -0.4 is 10.6 Å². The summed E-state index contributed by atoms with van der Waals surface area (Å²) in [5, 5.41) is 9.19. The molecule has 0 spiro atoms. The van der Waals surface area contributed by atoms with Crippen LogP contribution in [-0.2, 0) is 9.53 Å². The Labute approximate surface area is 158 Å². The van der Waals surface area contributed by atoms with Crippen LogP contribution in [0.2, 0.25) is 0 Å². The molecule has 2 rings (SSSR count). The number of hydrogen-bond donors (Lipinski definition) is 2. The fourth-order valence-electron chi connectivity index (χ4n) is 2.45. The zero-order valence-corrected chi connectivity index (χ0v) is 16.2. The van der Waals surface area contributed by atoms with Gasteiger partial charge in [0.2, 0.25) is 5.91 Å². The number of nitrogens with one attached hydrogen (secondary N) is 2. The van der Waals surface area contributed by atoms with Crippen LogP contribution >= 0.6 is 0 Å². The van der Waals surface area contributed by atoms with Crippen LogP contribution in [0, 0.1) is 20.8 Å². The van der Waals surface area contributed by atoms with Gasteiger partial charge in [0.25, 0.3) is 0 Å². The van der Waals surface area contributed by atoms with Crippen molar-refractivity contribution in [3.8, 4) is 0 Å². The van der Waals surface area contributed by atoms with Gasteiger partial charge >= 0.3 is 6.03 Å². The molecule has 0 aliphatic heterocycles. The van der Waals surface area contributed by atoms with Crippen LogP contribution in [0.1, 0.15) is 23.3 Å². The molecule has 0 unspecified atom stereocenters. The van der Waals surface area contributed by atoms with E-state index in [1.54, 1.807) is 20.1 Å². The van der Waals surface area contributed by atoms with E-state index in [0.29, 0.717) is 36.8 Å². The summed E-state index contributed by atoms with van der Waals surface area (Å²) in [7, 11) is 1.60. The molecule has 2 N–H and O–H groups in total. The zero-order valence-electron chi connectivity index (χ0n) is 16.2. The molecule has 0 bridgehead atoms. The molecule has 1 aromatic heterocycles. The number of hydrogen-bond acceptors (Lipinski definition) is 5. The van der Waals surface area contributed by atoms with Crippen molar-refractivity contribution < 1.29 is 18.8 Å². The topological polar surface area (TPSA) is 96.7 Å². The summed E-state index contributed by atoms with van der Waals surface area (Å²) in [6.45, 7) is 6.50. The van der Waals surface area contributed by atoms with Crippen molar-refractivity contribution in [3.63, 3.8) is 0 Å². The molecule has 1 heterocycles. The normalized spacial score (nSPS) is 10.5. The van der Waals surface area contributed by atoms with Crippen LogP contribution in [0.25, 0.3) is 0 Å². The van der Waals surface area contributed by atoms with Gasteiger partial charge in [-0.2, -0.15) is 0 Å². The Morgan fingerprint density at radius 3 is 2.56 bits per heavy atom. The highest BCUT2D eigenvalue weighted by molar-refractivity contribution is 5.96. The van der Waals surface area contributed by atoms with Crippen molar-refractivity contribution in [2.24, 2.45) is 0 Å². The Morgan fingerprint density at radius 2 is 1.93 bits per heavy atom. The van der Waals surface area contributed by atoms with E-state index in [1.807, 2.05) is 32.0 Å². The quantitative estimate of drug-likeness (QED) is 0.692. The minimum Gasteiger partial charge on any atom is -0.385 e. The van der Waals surface area contributed by atoms with E-state index in [0.717, 1.165) is 11.1 Å². The van der Waals surface area contributed by atoms with Crippen molar-refractivity contribution in [2.75, 3.05) is 37.4 Å². The van der Waals surface area contributed by atoms with E-state index in [4.69, 9.17) is 9.26 Å². The first-order valence-electron chi connectivity index (χ1n) is 8.74. The van der Waals surface area contributed by atoms with Gasteiger partial charge in [0.15, 0.2) is 5.82 Å². The molecule has 8 heteroatoms. The molecule has 0 aliphatic carbocycles. The number of methoxy groups -OCH3 is 1. The fourth-order valence-corrected chi connectivity index (χ4v) is 2.45. The molecule has 0 radical (unpaired) electrons. The zero-order chi connectivity index (χ0) is 19.8. The van der Waals surface area contributed by atoms with E-state index >= 15 is 0 Å². The summed E-state index contributed by atoms with van der Waals surface area (Å²) in [4.78, 5) is 26.4. The van der Waals surface area contributed by atoms with E-state index < -0.39 is 0 Å². The van der Waals surface area contributed by atoms with Gasteiger partial charge in [-0.3, -0.25) is 4.79 Å². The van der Waals surface area contributed by atoms with Crippen molar-refractivity contribution >= 4 is 23.4 Å². The number of urea groups is 1. The van der Waals surface area contributed by atoms with Crippen LogP contribution in [0.5, 0.6) is 0 Å². The van der Waals surface area contributed by atoms with Gasteiger partial charge < -0.3 is 24.8 Å². The van der Waals surface area contributed by atoms with Gasteiger partial charge in [0.1, 0.15) is 12.3 Å².